The van der Waals surface area contributed by atoms with Crippen molar-refractivity contribution in [2.45, 2.75) is 26.3 Å². The van der Waals surface area contributed by atoms with Gasteiger partial charge in [0.1, 0.15) is 0 Å². The first-order valence-corrected chi connectivity index (χ1v) is 7.92. The molecule has 0 bridgehead atoms. The van der Waals surface area contributed by atoms with Gasteiger partial charge in [0.25, 0.3) is 0 Å². The summed E-state index contributed by atoms with van der Waals surface area (Å²) in [5.41, 5.74) is 0.776. The smallest absolute Gasteiger partial charge is 0.238 e. The maximum atomic E-state index is 11.8. The molecule has 1 heterocycles. The molecule has 2 rings (SSSR count). The van der Waals surface area contributed by atoms with Gasteiger partial charge in [0.2, 0.25) is 5.91 Å². The number of amides is 1. The number of likely N-dealkylation sites (tertiary alicyclic amines) is 1. The predicted molar refractivity (Wildman–Crippen MR) is 87.8 cm³/mol. The molecule has 1 saturated heterocycles. The molecule has 1 aromatic carbocycles. The summed E-state index contributed by atoms with van der Waals surface area (Å²) < 4.78 is 0. The van der Waals surface area contributed by atoms with Gasteiger partial charge in [0, 0.05) is 23.3 Å². The summed E-state index contributed by atoms with van der Waals surface area (Å²) in [6.45, 7) is 8.01. The van der Waals surface area contributed by atoms with Gasteiger partial charge in [0.05, 0.1) is 6.54 Å². The van der Waals surface area contributed by atoms with Crippen LogP contribution in [0.5, 0.6) is 0 Å². The van der Waals surface area contributed by atoms with Gasteiger partial charge < -0.3 is 15.5 Å². The van der Waals surface area contributed by atoms with Crippen LogP contribution in [-0.4, -0.2) is 43.0 Å². The number of hydrogen-bond acceptors (Lipinski definition) is 3. The third-order valence-electron chi connectivity index (χ3n) is 3.89. The number of rotatable bonds is 6. The van der Waals surface area contributed by atoms with E-state index in [2.05, 4.69) is 29.4 Å². The Morgan fingerprint density at radius 2 is 2.10 bits per heavy atom. The van der Waals surface area contributed by atoms with Crippen LogP contribution in [0.2, 0.25) is 5.02 Å². The molecule has 4 nitrogen and oxygen atoms in total. The summed E-state index contributed by atoms with van der Waals surface area (Å²) >= 11 is 5.81. The molecule has 0 saturated carbocycles. The lowest BCUT2D eigenvalue weighted by Crippen LogP contribution is -2.34. The minimum absolute atomic E-state index is 0.0176. The topological polar surface area (TPSA) is 44.4 Å². The van der Waals surface area contributed by atoms with E-state index in [0.29, 0.717) is 23.5 Å². The molecule has 2 N–H and O–H groups in total. The lowest BCUT2D eigenvalue weighted by atomic mass is 10.1. The van der Waals surface area contributed by atoms with E-state index in [-0.39, 0.29) is 5.91 Å². The number of benzene rings is 1. The van der Waals surface area contributed by atoms with Crippen molar-refractivity contribution in [3.63, 3.8) is 0 Å². The van der Waals surface area contributed by atoms with Crippen LogP contribution in [0.4, 0.5) is 5.69 Å². The predicted octanol–water partition coefficient (Wildman–Crippen LogP) is 2.60. The summed E-state index contributed by atoms with van der Waals surface area (Å²) in [5, 5.41) is 6.77. The van der Waals surface area contributed by atoms with Gasteiger partial charge in [-0.3, -0.25) is 4.79 Å². The molecule has 116 valence electrons. The highest BCUT2D eigenvalue weighted by Crippen LogP contribution is 2.17. The van der Waals surface area contributed by atoms with Gasteiger partial charge in [-0.1, -0.05) is 11.6 Å². The number of nitrogens with one attached hydrogen (secondary N) is 2. The normalized spacial score (nSPS) is 19.1. The van der Waals surface area contributed by atoms with Gasteiger partial charge in [-0.15, -0.1) is 0 Å². The molecular weight excluding hydrogens is 286 g/mol. The van der Waals surface area contributed by atoms with Crippen molar-refractivity contribution in [3.8, 4) is 0 Å². The molecule has 1 unspecified atom stereocenters. The zero-order valence-electron chi connectivity index (χ0n) is 12.7. The Kier molecular flexibility index (Phi) is 6.03. The number of nitrogens with zero attached hydrogens (tertiary/aromatic N) is 1. The molecule has 1 aromatic rings. The van der Waals surface area contributed by atoms with E-state index in [4.69, 9.17) is 11.6 Å². The average Bonchev–Trinajstić information content (AvgIpc) is 2.90. The van der Waals surface area contributed by atoms with Crippen LogP contribution in [-0.2, 0) is 4.79 Å². The standard InChI is InChI=1S/C16H24ClN3O/c1-12(2)20-8-7-13(11-20)9-18-10-16(21)19-15-5-3-14(17)4-6-15/h3-6,12-13,18H,7-11H2,1-2H3,(H,19,21). The van der Waals surface area contributed by atoms with E-state index in [0.717, 1.165) is 18.8 Å². The van der Waals surface area contributed by atoms with Crippen molar-refractivity contribution >= 4 is 23.2 Å². The first kappa shape index (κ1) is 16.3. The second-order valence-electron chi connectivity index (χ2n) is 5.93. The Hall–Kier alpha value is -1.10. The molecule has 1 aliphatic rings. The van der Waals surface area contributed by atoms with Crippen molar-refractivity contribution in [2.24, 2.45) is 5.92 Å². The first-order valence-electron chi connectivity index (χ1n) is 7.55. The van der Waals surface area contributed by atoms with Crippen LogP contribution < -0.4 is 10.6 Å². The second kappa shape index (κ2) is 7.78. The molecule has 1 atom stereocenters. The zero-order valence-corrected chi connectivity index (χ0v) is 13.5. The van der Waals surface area contributed by atoms with E-state index < -0.39 is 0 Å². The van der Waals surface area contributed by atoms with E-state index >= 15 is 0 Å². The Balaban J connectivity index is 1.65. The second-order valence-corrected chi connectivity index (χ2v) is 6.37. The Bertz CT molecular complexity index is 461. The van der Waals surface area contributed by atoms with Crippen LogP contribution in [0.15, 0.2) is 24.3 Å². The summed E-state index contributed by atoms with van der Waals surface area (Å²) in [5.74, 6) is 0.631. The Morgan fingerprint density at radius 1 is 1.38 bits per heavy atom. The lowest BCUT2D eigenvalue weighted by Gasteiger charge is -2.20. The molecule has 0 aliphatic carbocycles. The Labute approximate surface area is 131 Å². The van der Waals surface area contributed by atoms with Crippen LogP contribution in [0.3, 0.4) is 0 Å². The quantitative estimate of drug-likeness (QED) is 0.849. The highest BCUT2D eigenvalue weighted by molar-refractivity contribution is 6.30. The number of carbonyl (C=O) groups is 1. The molecule has 0 radical (unpaired) electrons. The minimum Gasteiger partial charge on any atom is -0.325 e. The van der Waals surface area contributed by atoms with Crippen molar-refractivity contribution in [3.05, 3.63) is 29.3 Å². The van der Waals surface area contributed by atoms with Crippen LogP contribution in [0, 0.1) is 5.92 Å². The van der Waals surface area contributed by atoms with Crippen molar-refractivity contribution in [1.82, 2.24) is 10.2 Å². The molecular formula is C16H24ClN3O. The van der Waals surface area contributed by atoms with Gasteiger partial charge in [-0.05, 0) is 63.5 Å². The molecule has 1 aliphatic heterocycles. The minimum atomic E-state index is -0.0176. The molecule has 1 fully saturated rings. The summed E-state index contributed by atoms with van der Waals surface area (Å²) in [7, 11) is 0. The fourth-order valence-electron chi connectivity index (χ4n) is 2.63. The highest BCUT2D eigenvalue weighted by atomic mass is 35.5. The van der Waals surface area contributed by atoms with Crippen molar-refractivity contribution in [1.29, 1.82) is 0 Å². The third kappa shape index (κ3) is 5.30. The van der Waals surface area contributed by atoms with Crippen LogP contribution in [0.25, 0.3) is 0 Å². The van der Waals surface area contributed by atoms with Crippen LogP contribution >= 0.6 is 11.6 Å². The van der Waals surface area contributed by atoms with Crippen molar-refractivity contribution in [2.75, 3.05) is 31.5 Å². The maximum Gasteiger partial charge on any atom is 0.238 e. The SMILES string of the molecule is CC(C)N1CCC(CNCC(=O)Nc2ccc(Cl)cc2)C1. The number of carbonyl (C=O) groups excluding carboxylic acids is 1. The Morgan fingerprint density at radius 3 is 2.71 bits per heavy atom. The van der Waals surface area contributed by atoms with Gasteiger partial charge in [-0.2, -0.15) is 0 Å². The van der Waals surface area contributed by atoms with Gasteiger partial charge in [-0.25, -0.2) is 0 Å². The van der Waals surface area contributed by atoms with Gasteiger partial charge >= 0.3 is 0 Å². The zero-order chi connectivity index (χ0) is 15.2. The monoisotopic (exact) mass is 309 g/mol. The molecule has 21 heavy (non-hydrogen) atoms. The summed E-state index contributed by atoms with van der Waals surface area (Å²) in [6.07, 6.45) is 1.21. The fourth-order valence-corrected chi connectivity index (χ4v) is 2.75. The van der Waals surface area contributed by atoms with E-state index in [1.54, 1.807) is 24.3 Å². The molecule has 5 heteroatoms. The highest BCUT2D eigenvalue weighted by Gasteiger charge is 2.23. The molecule has 1 amide bonds. The largest absolute Gasteiger partial charge is 0.325 e. The van der Waals surface area contributed by atoms with Crippen LogP contribution in [0.1, 0.15) is 20.3 Å². The van der Waals surface area contributed by atoms with Crippen molar-refractivity contribution < 1.29 is 4.79 Å². The molecule has 0 spiro atoms. The van der Waals surface area contributed by atoms with Gasteiger partial charge in [0.15, 0.2) is 0 Å². The third-order valence-corrected chi connectivity index (χ3v) is 4.15. The first-order chi connectivity index (χ1) is 10.0. The average molecular weight is 310 g/mol. The van der Waals surface area contributed by atoms with E-state index in [9.17, 15) is 4.79 Å². The van der Waals surface area contributed by atoms with E-state index in [1.807, 2.05) is 0 Å². The lowest BCUT2D eigenvalue weighted by molar-refractivity contribution is -0.115. The number of halogens is 1. The molecule has 0 aromatic heterocycles. The fraction of sp³-hybridized carbons (Fsp3) is 0.562. The number of anilines is 1. The summed E-state index contributed by atoms with van der Waals surface area (Å²) in [6, 6.07) is 7.76. The number of hydrogen-bond donors (Lipinski definition) is 2. The maximum absolute atomic E-state index is 11.8. The van der Waals surface area contributed by atoms with E-state index in [1.165, 1.54) is 13.0 Å². The summed E-state index contributed by atoms with van der Waals surface area (Å²) in [4.78, 5) is 14.3.